The minimum Gasteiger partial charge on any atom is -0.356 e. The van der Waals surface area contributed by atoms with Crippen molar-refractivity contribution in [2.75, 3.05) is 12.3 Å². The molecule has 0 radical (unpaired) electrons. The number of rotatable bonds is 7. The van der Waals surface area contributed by atoms with Crippen LogP contribution >= 0.6 is 11.8 Å². The van der Waals surface area contributed by atoms with Gasteiger partial charge in [-0.15, -0.1) is 0 Å². The second-order valence-electron chi connectivity index (χ2n) is 5.84. The third-order valence-electron chi connectivity index (χ3n) is 4.28. The number of hydrogen-bond acceptors (Lipinski definition) is 3. The molecule has 0 aromatic carbocycles. The van der Waals surface area contributed by atoms with E-state index in [0.29, 0.717) is 29.3 Å². The zero-order chi connectivity index (χ0) is 13.7. The smallest absolute Gasteiger partial charge is 0.219 e. The fraction of sp³-hybridized carbons (Fsp3) is 0.867. The Morgan fingerprint density at radius 3 is 3.00 bits per heavy atom. The molecule has 108 valence electrons. The van der Waals surface area contributed by atoms with Crippen LogP contribution < -0.4 is 5.32 Å². The van der Waals surface area contributed by atoms with Gasteiger partial charge in [-0.2, -0.15) is 11.8 Å². The Kier molecular flexibility index (Phi) is 5.74. The summed E-state index contributed by atoms with van der Waals surface area (Å²) in [5.41, 5.74) is 0. The summed E-state index contributed by atoms with van der Waals surface area (Å²) in [6.07, 6.45) is 6.59. The van der Waals surface area contributed by atoms with Crippen LogP contribution in [0.4, 0.5) is 0 Å². The Hall–Kier alpha value is -0.510. The van der Waals surface area contributed by atoms with Gasteiger partial charge in [-0.3, -0.25) is 9.59 Å². The number of unbranched alkanes of at least 4 members (excludes halogenated alkanes) is 1. The highest BCUT2D eigenvalue weighted by Crippen LogP contribution is 2.47. The van der Waals surface area contributed by atoms with Gasteiger partial charge in [0.1, 0.15) is 5.78 Å². The van der Waals surface area contributed by atoms with E-state index in [9.17, 15) is 9.59 Å². The topological polar surface area (TPSA) is 46.2 Å². The van der Waals surface area contributed by atoms with Crippen LogP contribution in [0.1, 0.15) is 51.9 Å². The summed E-state index contributed by atoms with van der Waals surface area (Å²) in [4.78, 5) is 22.9. The van der Waals surface area contributed by atoms with Gasteiger partial charge < -0.3 is 5.32 Å². The van der Waals surface area contributed by atoms with E-state index in [4.69, 9.17) is 0 Å². The number of ketones is 1. The van der Waals surface area contributed by atoms with Gasteiger partial charge in [0.2, 0.25) is 5.91 Å². The van der Waals surface area contributed by atoms with E-state index in [0.717, 1.165) is 38.6 Å². The first-order valence-corrected chi connectivity index (χ1v) is 8.65. The van der Waals surface area contributed by atoms with Crippen molar-refractivity contribution in [2.24, 2.45) is 11.8 Å². The molecule has 0 bridgehead atoms. The van der Waals surface area contributed by atoms with Crippen LogP contribution in [-0.2, 0) is 9.59 Å². The average molecular weight is 283 g/mol. The number of thioether (sulfide) groups is 1. The molecule has 1 aliphatic carbocycles. The number of fused-ring (bicyclic) bond motifs is 1. The van der Waals surface area contributed by atoms with Crippen LogP contribution in [0.2, 0.25) is 0 Å². The van der Waals surface area contributed by atoms with E-state index < -0.39 is 0 Å². The normalized spacial score (nSPS) is 29.5. The molecule has 0 spiro atoms. The molecule has 0 unspecified atom stereocenters. The van der Waals surface area contributed by atoms with Crippen molar-refractivity contribution >= 4 is 23.5 Å². The Bertz CT molecular complexity index is 332. The molecule has 3 nitrogen and oxygen atoms in total. The molecule has 2 fully saturated rings. The molecule has 1 aliphatic heterocycles. The van der Waals surface area contributed by atoms with Crippen molar-refractivity contribution in [2.45, 2.75) is 57.1 Å². The number of amides is 1. The summed E-state index contributed by atoms with van der Waals surface area (Å²) in [5.74, 6) is 3.15. The fourth-order valence-electron chi connectivity index (χ4n) is 3.23. The quantitative estimate of drug-likeness (QED) is 0.731. The highest BCUT2D eigenvalue weighted by Gasteiger charge is 2.42. The maximum absolute atomic E-state index is 11.5. The third-order valence-corrected chi connectivity index (χ3v) is 5.91. The SMILES string of the molecule is CCCNC(=O)CCCC[C@@H]1SC[C@@H]2CC(=O)C[C@@H]21. The lowest BCUT2D eigenvalue weighted by atomic mass is 9.92. The number of nitrogens with one attached hydrogen (secondary N) is 1. The predicted molar refractivity (Wildman–Crippen MR) is 79.2 cm³/mol. The molecule has 2 rings (SSSR count). The third kappa shape index (κ3) is 4.23. The lowest BCUT2D eigenvalue weighted by molar-refractivity contribution is -0.121. The van der Waals surface area contributed by atoms with Gasteiger partial charge >= 0.3 is 0 Å². The number of carbonyl (C=O) groups excluding carboxylic acids is 2. The molecule has 1 N–H and O–H groups in total. The predicted octanol–water partition coefficient (Wildman–Crippen LogP) is 2.78. The fourth-order valence-corrected chi connectivity index (χ4v) is 4.98. The number of hydrogen-bond donors (Lipinski definition) is 1. The molecule has 0 aromatic heterocycles. The van der Waals surface area contributed by atoms with E-state index in [-0.39, 0.29) is 5.91 Å². The standard InChI is InChI=1S/C15H25NO2S/c1-2-7-16-15(18)6-4-3-5-14-13-9-12(17)8-11(13)10-19-14/h11,13-14H,2-10H2,1H3,(H,16,18)/t11-,13-,14-/m0/s1. The molecule has 1 amide bonds. The molecular weight excluding hydrogens is 258 g/mol. The van der Waals surface area contributed by atoms with Gasteiger partial charge in [-0.25, -0.2) is 0 Å². The second-order valence-corrected chi connectivity index (χ2v) is 7.11. The zero-order valence-corrected chi connectivity index (χ0v) is 12.6. The van der Waals surface area contributed by atoms with Crippen molar-refractivity contribution in [3.8, 4) is 0 Å². The molecule has 1 saturated heterocycles. The first-order chi connectivity index (χ1) is 9.20. The van der Waals surface area contributed by atoms with Crippen molar-refractivity contribution in [3.63, 3.8) is 0 Å². The van der Waals surface area contributed by atoms with E-state index in [1.165, 1.54) is 12.2 Å². The first-order valence-electron chi connectivity index (χ1n) is 7.60. The van der Waals surface area contributed by atoms with Gasteiger partial charge in [0.25, 0.3) is 0 Å². The highest BCUT2D eigenvalue weighted by atomic mass is 32.2. The lowest BCUT2D eigenvalue weighted by Crippen LogP contribution is -2.23. The maximum atomic E-state index is 11.5. The van der Waals surface area contributed by atoms with Crippen molar-refractivity contribution in [1.29, 1.82) is 0 Å². The van der Waals surface area contributed by atoms with Gasteiger partial charge in [0, 0.05) is 31.1 Å². The molecule has 0 aromatic rings. The van der Waals surface area contributed by atoms with Gasteiger partial charge in [-0.05, 0) is 36.9 Å². The molecule has 19 heavy (non-hydrogen) atoms. The van der Waals surface area contributed by atoms with E-state index in [1.54, 1.807) is 0 Å². The van der Waals surface area contributed by atoms with Crippen LogP contribution in [0.3, 0.4) is 0 Å². The van der Waals surface area contributed by atoms with E-state index in [2.05, 4.69) is 24.0 Å². The van der Waals surface area contributed by atoms with Gasteiger partial charge in [-0.1, -0.05) is 13.3 Å². The van der Waals surface area contributed by atoms with Crippen LogP contribution in [0, 0.1) is 11.8 Å². The monoisotopic (exact) mass is 283 g/mol. The lowest BCUT2D eigenvalue weighted by Gasteiger charge is -2.16. The summed E-state index contributed by atoms with van der Waals surface area (Å²) in [6.45, 7) is 2.86. The molecule has 4 heteroatoms. The van der Waals surface area contributed by atoms with Crippen molar-refractivity contribution in [1.82, 2.24) is 5.32 Å². The molecule has 1 heterocycles. The summed E-state index contributed by atoms with van der Waals surface area (Å²) >= 11 is 2.06. The zero-order valence-electron chi connectivity index (χ0n) is 11.8. The summed E-state index contributed by atoms with van der Waals surface area (Å²) in [6, 6.07) is 0. The Morgan fingerprint density at radius 2 is 2.21 bits per heavy atom. The Balaban J connectivity index is 1.59. The van der Waals surface area contributed by atoms with Crippen molar-refractivity contribution < 1.29 is 9.59 Å². The molecule has 1 saturated carbocycles. The Morgan fingerprint density at radius 1 is 1.37 bits per heavy atom. The van der Waals surface area contributed by atoms with Crippen LogP contribution in [0.15, 0.2) is 0 Å². The number of Topliss-reactive ketones (excluding diaryl/α,β-unsaturated/α-hetero) is 1. The van der Waals surface area contributed by atoms with Crippen LogP contribution in [0.25, 0.3) is 0 Å². The van der Waals surface area contributed by atoms with Gasteiger partial charge in [0.05, 0.1) is 0 Å². The van der Waals surface area contributed by atoms with Gasteiger partial charge in [0.15, 0.2) is 0 Å². The average Bonchev–Trinajstić information content (AvgIpc) is 2.92. The second kappa shape index (κ2) is 7.32. The molecule has 3 atom stereocenters. The van der Waals surface area contributed by atoms with E-state index in [1.807, 2.05) is 0 Å². The summed E-state index contributed by atoms with van der Waals surface area (Å²) in [7, 11) is 0. The molecular formula is C15H25NO2S. The number of carbonyl (C=O) groups is 2. The van der Waals surface area contributed by atoms with Crippen LogP contribution in [0.5, 0.6) is 0 Å². The van der Waals surface area contributed by atoms with Crippen LogP contribution in [-0.4, -0.2) is 29.2 Å². The van der Waals surface area contributed by atoms with Crippen molar-refractivity contribution in [3.05, 3.63) is 0 Å². The molecule has 2 aliphatic rings. The van der Waals surface area contributed by atoms with E-state index >= 15 is 0 Å². The largest absolute Gasteiger partial charge is 0.356 e. The first kappa shape index (κ1) is 14.9. The minimum atomic E-state index is 0.190. The summed E-state index contributed by atoms with van der Waals surface area (Å²) in [5, 5.41) is 3.59. The maximum Gasteiger partial charge on any atom is 0.219 e. The Labute approximate surface area is 120 Å². The summed E-state index contributed by atoms with van der Waals surface area (Å²) < 4.78 is 0. The highest BCUT2D eigenvalue weighted by molar-refractivity contribution is 8.00. The minimum absolute atomic E-state index is 0.190.